The molecule has 9 heteroatoms. The van der Waals surface area contributed by atoms with Gasteiger partial charge in [0, 0.05) is 6.07 Å². The summed E-state index contributed by atoms with van der Waals surface area (Å²) >= 11 is 0. The van der Waals surface area contributed by atoms with E-state index in [-0.39, 0.29) is 16.6 Å². The van der Waals surface area contributed by atoms with Gasteiger partial charge in [0.15, 0.2) is 0 Å². The van der Waals surface area contributed by atoms with Crippen molar-refractivity contribution in [2.75, 3.05) is 18.9 Å². The smallest absolute Gasteiger partial charge is 0.268 e. The molecule has 2 rings (SSSR count). The molecule has 0 amide bonds. The third-order valence-corrected chi connectivity index (χ3v) is 3.98. The summed E-state index contributed by atoms with van der Waals surface area (Å²) in [5.74, 6) is 0.686. The van der Waals surface area contributed by atoms with Crippen molar-refractivity contribution in [3.8, 4) is 11.5 Å². The maximum absolute atomic E-state index is 12.3. The highest BCUT2D eigenvalue weighted by atomic mass is 32.2. The van der Waals surface area contributed by atoms with Crippen molar-refractivity contribution in [1.82, 2.24) is 15.2 Å². The Morgan fingerprint density at radius 2 is 1.90 bits per heavy atom. The van der Waals surface area contributed by atoms with E-state index in [1.807, 2.05) is 0 Å². The van der Waals surface area contributed by atoms with Crippen molar-refractivity contribution in [3.63, 3.8) is 0 Å². The summed E-state index contributed by atoms with van der Waals surface area (Å²) in [4.78, 5) is 3.67. The fourth-order valence-corrected chi connectivity index (χ4v) is 2.80. The molecule has 0 saturated heterocycles. The lowest BCUT2D eigenvalue weighted by Gasteiger charge is -2.13. The van der Waals surface area contributed by atoms with Gasteiger partial charge in [-0.1, -0.05) is 0 Å². The molecular weight excluding hydrogens is 284 g/mol. The SMILES string of the molecule is COc1cc(S(=O)(=O)Nc2ncn[nH]2)c(OC)cc1C. The summed E-state index contributed by atoms with van der Waals surface area (Å²) in [7, 11) is -0.999. The Morgan fingerprint density at radius 3 is 2.45 bits per heavy atom. The number of nitrogens with one attached hydrogen (secondary N) is 2. The fourth-order valence-electron chi connectivity index (χ4n) is 1.67. The van der Waals surface area contributed by atoms with Crippen LogP contribution >= 0.6 is 0 Å². The van der Waals surface area contributed by atoms with Gasteiger partial charge >= 0.3 is 0 Å². The molecule has 1 aromatic heterocycles. The van der Waals surface area contributed by atoms with Crippen molar-refractivity contribution in [2.24, 2.45) is 0 Å². The number of benzene rings is 1. The first-order chi connectivity index (χ1) is 9.47. The highest BCUT2D eigenvalue weighted by Crippen LogP contribution is 2.32. The minimum Gasteiger partial charge on any atom is -0.496 e. The van der Waals surface area contributed by atoms with Crippen LogP contribution in [0.15, 0.2) is 23.4 Å². The number of nitrogens with zero attached hydrogens (tertiary/aromatic N) is 2. The normalized spacial score (nSPS) is 11.2. The second kappa shape index (κ2) is 5.37. The molecule has 0 spiro atoms. The first-order valence-corrected chi connectivity index (χ1v) is 7.07. The number of rotatable bonds is 5. The second-order valence-corrected chi connectivity index (χ2v) is 5.56. The van der Waals surface area contributed by atoms with Crippen LogP contribution in [0.1, 0.15) is 5.56 Å². The Hall–Kier alpha value is -2.29. The summed E-state index contributed by atoms with van der Waals surface area (Å²) in [6.07, 6.45) is 1.20. The fraction of sp³-hybridized carbons (Fsp3) is 0.273. The van der Waals surface area contributed by atoms with E-state index in [2.05, 4.69) is 19.9 Å². The van der Waals surface area contributed by atoms with Crippen molar-refractivity contribution < 1.29 is 17.9 Å². The molecule has 20 heavy (non-hydrogen) atoms. The zero-order chi connectivity index (χ0) is 14.8. The van der Waals surface area contributed by atoms with Gasteiger partial charge in [-0.2, -0.15) is 10.1 Å². The van der Waals surface area contributed by atoms with Gasteiger partial charge in [0.1, 0.15) is 22.7 Å². The lowest BCUT2D eigenvalue weighted by atomic mass is 10.2. The standard InChI is InChI=1S/C11H14N4O4S/c1-7-4-9(19-3)10(5-8(7)18-2)20(16,17)15-11-12-6-13-14-11/h4-6H,1-3H3,(H2,12,13,14,15). The number of hydrogen-bond donors (Lipinski definition) is 2. The molecule has 0 atom stereocenters. The predicted octanol–water partition coefficient (Wildman–Crippen LogP) is 0.931. The number of H-pyrrole nitrogens is 1. The minimum atomic E-state index is -3.86. The second-order valence-electron chi connectivity index (χ2n) is 3.91. The van der Waals surface area contributed by atoms with Gasteiger partial charge in [-0.25, -0.2) is 18.2 Å². The van der Waals surface area contributed by atoms with Gasteiger partial charge < -0.3 is 9.47 Å². The largest absolute Gasteiger partial charge is 0.496 e. The number of aromatic nitrogens is 3. The van der Waals surface area contributed by atoms with Gasteiger partial charge in [0.25, 0.3) is 10.0 Å². The van der Waals surface area contributed by atoms with E-state index < -0.39 is 10.0 Å². The van der Waals surface area contributed by atoms with Crippen molar-refractivity contribution in [1.29, 1.82) is 0 Å². The summed E-state index contributed by atoms with van der Waals surface area (Å²) < 4.78 is 37.2. The van der Waals surface area contributed by atoms with Gasteiger partial charge in [0.05, 0.1) is 14.2 Å². The summed E-state index contributed by atoms with van der Waals surface area (Å²) in [5, 5.41) is 5.99. The number of ether oxygens (including phenoxy) is 2. The Balaban J connectivity index is 2.49. The first kappa shape index (κ1) is 14.1. The van der Waals surface area contributed by atoms with E-state index in [9.17, 15) is 8.42 Å². The molecule has 8 nitrogen and oxygen atoms in total. The lowest BCUT2D eigenvalue weighted by molar-refractivity contribution is 0.390. The highest BCUT2D eigenvalue weighted by Gasteiger charge is 2.22. The molecular formula is C11H14N4O4S. The maximum atomic E-state index is 12.3. The molecule has 2 N–H and O–H groups in total. The van der Waals surface area contributed by atoms with Crippen LogP contribution in [-0.2, 0) is 10.0 Å². The summed E-state index contributed by atoms with van der Waals surface area (Å²) in [6, 6.07) is 2.99. The third kappa shape index (κ3) is 2.67. The van der Waals surface area contributed by atoms with Crippen LogP contribution in [0.4, 0.5) is 5.95 Å². The average molecular weight is 298 g/mol. The summed E-state index contributed by atoms with van der Waals surface area (Å²) in [6.45, 7) is 1.79. The molecule has 108 valence electrons. The Kier molecular flexibility index (Phi) is 3.79. The molecule has 1 aromatic carbocycles. The molecule has 0 aliphatic carbocycles. The van der Waals surface area contributed by atoms with E-state index >= 15 is 0 Å². The maximum Gasteiger partial charge on any atom is 0.268 e. The van der Waals surface area contributed by atoms with Gasteiger partial charge in [-0.3, -0.25) is 0 Å². The van der Waals surface area contributed by atoms with E-state index in [4.69, 9.17) is 9.47 Å². The zero-order valence-corrected chi connectivity index (χ0v) is 12.0. The minimum absolute atomic E-state index is 0.0200. The number of methoxy groups -OCH3 is 2. The van der Waals surface area contributed by atoms with E-state index in [1.54, 1.807) is 13.0 Å². The van der Waals surface area contributed by atoms with Crippen molar-refractivity contribution >= 4 is 16.0 Å². The van der Waals surface area contributed by atoms with Crippen LogP contribution in [-0.4, -0.2) is 37.8 Å². The molecule has 0 unspecified atom stereocenters. The molecule has 0 aliphatic rings. The monoisotopic (exact) mass is 298 g/mol. The van der Waals surface area contributed by atoms with Crippen LogP contribution in [0.5, 0.6) is 11.5 Å². The van der Waals surface area contributed by atoms with E-state index in [1.165, 1.54) is 26.6 Å². The van der Waals surface area contributed by atoms with Gasteiger partial charge in [-0.05, 0) is 18.6 Å². The van der Waals surface area contributed by atoms with Crippen LogP contribution in [0.25, 0.3) is 0 Å². The van der Waals surface area contributed by atoms with Crippen LogP contribution in [0.2, 0.25) is 0 Å². The van der Waals surface area contributed by atoms with Crippen LogP contribution in [0.3, 0.4) is 0 Å². The Morgan fingerprint density at radius 1 is 1.20 bits per heavy atom. The molecule has 0 bridgehead atoms. The number of anilines is 1. The van der Waals surface area contributed by atoms with Gasteiger partial charge in [0.2, 0.25) is 5.95 Å². The predicted molar refractivity (Wildman–Crippen MR) is 71.5 cm³/mol. The van der Waals surface area contributed by atoms with E-state index in [0.717, 1.165) is 5.56 Å². The number of aryl methyl sites for hydroxylation is 1. The van der Waals surface area contributed by atoms with Crippen LogP contribution in [0, 0.1) is 6.92 Å². The molecule has 0 aliphatic heterocycles. The van der Waals surface area contributed by atoms with E-state index in [0.29, 0.717) is 5.75 Å². The van der Waals surface area contributed by atoms with Crippen molar-refractivity contribution in [3.05, 3.63) is 24.0 Å². The van der Waals surface area contributed by atoms with Gasteiger partial charge in [-0.15, -0.1) is 0 Å². The average Bonchev–Trinajstić information content (AvgIpc) is 2.90. The summed E-state index contributed by atoms with van der Waals surface area (Å²) in [5.41, 5.74) is 0.767. The number of hydrogen-bond acceptors (Lipinski definition) is 6. The quantitative estimate of drug-likeness (QED) is 0.850. The molecule has 0 saturated carbocycles. The number of aromatic amines is 1. The Labute approximate surface area is 116 Å². The zero-order valence-electron chi connectivity index (χ0n) is 11.2. The Bertz CT molecular complexity index is 697. The molecule has 0 radical (unpaired) electrons. The first-order valence-electron chi connectivity index (χ1n) is 5.58. The van der Waals surface area contributed by atoms with Crippen LogP contribution < -0.4 is 14.2 Å². The molecule has 2 aromatic rings. The highest BCUT2D eigenvalue weighted by molar-refractivity contribution is 7.92. The molecule has 1 heterocycles. The molecule has 0 fully saturated rings. The lowest BCUT2D eigenvalue weighted by Crippen LogP contribution is -2.15. The topological polar surface area (TPSA) is 106 Å². The van der Waals surface area contributed by atoms with Crippen molar-refractivity contribution in [2.45, 2.75) is 11.8 Å². The number of sulfonamides is 1. The third-order valence-electron chi connectivity index (χ3n) is 2.62.